The molecule has 3 aromatic heterocycles. The Hall–Kier alpha value is -3.74. The number of hydrogen-bond donors (Lipinski definition) is 0. The number of Topliss-reactive ketones (excluding diaryl/α,β-unsaturated/α-hetero) is 1. The lowest BCUT2D eigenvalue weighted by molar-refractivity contribution is 0.0467. The van der Waals surface area contributed by atoms with Gasteiger partial charge >= 0.3 is 5.97 Å². The number of ketones is 1. The number of benzene rings is 1. The summed E-state index contributed by atoms with van der Waals surface area (Å²) in [5, 5.41) is 4.93. The van der Waals surface area contributed by atoms with Crippen LogP contribution in [0.4, 0.5) is 0 Å². The van der Waals surface area contributed by atoms with Crippen LogP contribution in [0.3, 0.4) is 0 Å². The second-order valence-corrected chi connectivity index (χ2v) is 5.91. The second-order valence-electron chi connectivity index (χ2n) is 5.91. The maximum Gasteiger partial charge on any atom is 0.340 e. The van der Waals surface area contributed by atoms with Gasteiger partial charge in [-0.1, -0.05) is 18.2 Å². The van der Waals surface area contributed by atoms with Crippen molar-refractivity contribution in [2.75, 3.05) is 6.61 Å². The molecule has 0 radical (unpaired) electrons. The van der Waals surface area contributed by atoms with E-state index in [4.69, 9.17) is 9.15 Å². The molecule has 0 saturated heterocycles. The van der Waals surface area contributed by atoms with E-state index in [9.17, 15) is 9.59 Å². The molecule has 0 bridgehead atoms. The summed E-state index contributed by atoms with van der Waals surface area (Å²) in [7, 11) is 0. The van der Waals surface area contributed by atoms with Crippen molar-refractivity contribution < 1.29 is 18.7 Å². The number of para-hydroxylation sites is 1. The third-order valence-electron chi connectivity index (χ3n) is 4.15. The Balaban J connectivity index is 1.44. The SMILES string of the molecule is Cc1c(C(=O)COC(=O)c2ccc(-n3cccn3)nc2)oc2ccccc12. The van der Waals surface area contributed by atoms with Gasteiger partial charge in [-0.05, 0) is 31.2 Å². The van der Waals surface area contributed by atoms with Crippen molar-refractivity contribution in [1.29, 1.82) is 0 Å². The number of hydrogen-bond acceptors (Lipinski definition) is 6. The first-order chi connectivity index (χ1) is 13.1. The van der Waals surface area contributed by atoms with Crippen molar-refractivity contribution in [3.05, 3.63) is 77.9 Å². The van der Waals surface area contributed by atoms with E-state index in [0.29, 0.717) is 11.4 Å². The highest BCUT2D eigenvalue weighted by Crippen LogP contribution is 2.25. The summed E-state index contributed by atoms with van der Waals surface area (Å²) in [4.78, 5) is 28.7. The second kappa shape index (κ2) is 6.87. The van der Waals surface area contributed by atoms with Gasteiger partial charge in [-0.25, -0.2) is 14.5 Å². The minimum atomic E-state index is -0.628. The first kappa shape index (κ1) is 16.7. The average Bonchev–Trinajstić information content (AvgIpc) is 3.35. The highest BCUT2D eigenvalue weighted by Gasteiger charge is 2.19. The molecule has 0 N–H and O–H groups in total. The highest BCUT2D eigenvalue weighted by molar-refractivity contribution is 6.02. The normalized spacial score (nSPS) is 10.9. The molecule has 3 heterocycles. The lowest BCUT2D eigenvalue weighted by atomic mass is 10.1. The zero-order chi connectivity index (χ0) is 18.8. The molecule has 4 rings (SSSR count). The summed E-state index contributed by atoms with van der Waals surface area (Å²) in [6.45, 7) is 1.40. The largest absolute Gasteiger partial charge is 0.454 e. The van der Waals surface area contributed by atoms with E-state index >= 15 is 0 Å². The van der Waals surface area contributed by atoms with Gasteiger partial charge in [-0.3, -0.25) is 4.79 Å². The summed E-state index contributed by atoms with van der Waals surface area (Å²) >= 11 is 0. The van der Waals surface area contributed by atoms with Gasteiger partial charge in [0.25, 0.3) is 0 Å². The number of fused-ring (bicyclic) bond motifs is 1. The molecule has 7 nitrogen and oxygen atoms in total. The number of rotatable bonds is 5. The van der Waals surface area contributed by atoms with E-state index in [1.807, 2.05) is 18.2 Å². The van der Waals surface area contributed by atoms with Crippen molar-refractivity contribution in [1.82, 2.24) is 14.8 Å². The minimum absolute atomic E-state index is 0.205. The van der Waals surface area contributed by atoms with Gasteiger partial charge in [0, 0.05) is 29.5 Å². The van der Waals surface area contributed by atoms with Crippen LogP contribution in [0.1, 0.15) is 26.5 Å². The van der Waals surface area contributed by atoms with Gasteiger partial charge in [0.2, 0.25) is 5.78 Å². The fourth-order valence-electron chi connectivity index (χ4n) is 2.77. The number of nitrogens with zero attached hydrogens (tertiary/aromatic N) is 3. The maximum absolute atomic E-state index is 12.4. The first-order valence-electron chi connectivity index (χ1n) is 8.28. The van der Waals surface area contributed by atoms with Crippen LogP contribution in [0.5, 0.6) is 0 Å². The summed E-state index contributed by atoms with van der Waals surface area (Å²) in [5.74, 6) is -0.239. The maximum atomic E-state index is 12.4. The van der Waals surface area contributed by atoms with Crippen LogP contribution >= 0.6 is 0 Å². The zero-order valence-corrected chi connectivity index (χ0v) is 14.5. The van der Waals surface area contributed by atoms with Gasteiger partial charge in [-0.2, -0.15) is 5.10 Å². The number of pyridine rings is 1. The topological polar surface area (TPSA) is 87.2 Å². The Kier molecular flexibility index (Phi) is 4.25. The molecule has 0 unspecified atom stereocenters. The Morgan fingerprint density at radius 1 is 1.15 bits per heavy atom. The van der Waals surface area contributed by atoms with Crippen molar-refractivity contribution in [2.45, 2.75) is 6.92 Å². The molecule has 0 aliphatic carbocycles. The first-order valence-corrected chi connectivity index (χ1v) is 8.28. The third kappa shape index (κ3) is 3.22. The van der Waals surface area contributed by atoms with Crippen LogP contribution < -0.4 is 0 Å². The van der Waals surface area contributed by atoms with E-state index in [-0.39, 0.29) is 11.3 Å². The smallest absolute Gasteiger partial charge is 0.340 e. The van der Waals surface area contributed by atoms with Crippen LogP contribution in [0.15, 0.2) is 65.5 Å². The molecule has 0 spiro atoms. The van der Waals surface area contributed by atoms with E-state index in [1.54, 1.807) is 48.3 Å². The molecular formula is C20H15N3O4. The average molecular weight is 361 g/mol. The van der Waals surface area contributed by atoms with E-state index in [2.05, 4.69) is 10.1 Å². The van der Waals surface area contributed by atoms with Crippen molar-refractivity contribution in [3.63, 3.8) is 0 Å². The number of aromatic nitrogens is 3. The number of carbonyl (C=O) groups excluding carboxylic acids is 2. The summed E-state index contributed by atoms with van der Waals surface area (Å²) < 4.78 is 12.3. The van der Waals surface area contributed by atoms with E-state index in [0.717, 1.165) is 10.9 Å². The fourth-order valence-corrected chi connectivity index (χ4v) is 2.77. The van der Waals surface area contributed by atoms with Gasteiger partial charge in [-0.15, -0.1) is 0 Å². The van der Waals surface area contributed by atoms with Crippen LogP contribution in [0, 0.1) is 6.92 Å². The predicted molar refractivity (Wildman–Crippen MR) is 96.9 cm³/mol. The molecule has 0 aliphatic rings. The van der Waals surface area contributed by atoms with Gasteiger partial charge in [0.1, 0.15) is 5.58 Å². The number of furan rings is 1. The van der Waals surface area contributed by atoms with Crippen LogP contribution in [-0.4, -0.2) is 33.1 Å². The number of esters is 1. The molecule has 7 heteroatoms. The third-order valence-corrected chi connectivity index (χ3v) is 4.15. The summed E-state index contributed by atoms with van der Waals surface area (Å²) in [6.07, 6.45) is 4.76. The molecule has 27 heavy (non-hydrogen) atoms. The zero-order valence-electron chi connectivity index (χ0n) is 14.5. The molecular weight excluding hydrogens is 346 g/mol. The molecule has 0 atom stereocenters. The van der Waals surface area contributed by atoms with Crippen molar-refractivity contribution >= 4 is 22.7 Å². The molecule has 0 amide bonds. The van der Waals surface area contributed by atoms with Crippen LogP contribution in [0.25, 0.3) is 16.8 Å². The molecule has 0 aliphatic heterocycles. The summed E-state index contributed by atoms with van der Waals surface area (Å²) in [6, 6.07) is 12.4. The lowest BCUT2D eigenvalue weighted by Crippen LogP contribution is -2.15. The predicted octanol–water partition coefficient (Wildman–Crippen LogP) is 3.36. The molecule has 0 fully saturated rings. The van der Waals surface area contributed by atoms with Crippen LogP contribution in [-0.2, 0) is 4.74 Å². The fraction of sp³-hybridized carbons (Fsp3) is 0.100. The van der Waals surface area contributed by atoms with Crippen molar-refractivity contribution in [2.24, 2.45) is 0 Å². The number of carbonyl (C=O) groups is 2. The standard InChI is InChI=1S/C20H15N3O4/c1-13-15-5-2-3-6-17(15)27-19(13)16(24)12-26-20(25)14-7-8-18(21-11-14)23-10-4-9-22-23/h2-11H,12H2,1H3. The van der Waals surface area contributed by atoms with Crippen LogP contribution in [0.2, 0.25) is 0 Å². The molecule has 0 saturated carbocycles. The van der Waals surface area contributed by atoms with E-state index in [1.165, 1.54) is 6.20 Å². The van der Waals surface area contributed by atoms with Crippen molar-refractivity contribution in [3.8, 4) is 5.82 Å². The Labute approximate surface area is 154 Å². The monoisotopic (exact) mass is 361 g/mol. The molecule has 1 aromatic carbocycles. The highest BCUT2D eigenvalue weighted by atomic mass is 16.5. The molecule has 134 valence electrons. The van der Waals surface area contributed by atoms with Gasteiger partial charge < -0.3 is 9.15 Å². The minimum Gasteiger partial charge on any atom is -0.454 e. The number of aryl methyl sites for hydroxylation is 1. The summed E-state index contributed by atoms with van der Waals surface area (Å²) in [5.41, 5.74) is 1.61. The van der Waals surface area contributed by atoms with Gasteiger partial charge in [0.05, 0.1) is 5.56 Å². The number of ether oxygens (including phenoxy) is 1. The Morgan fingerprint density at radius 2 is 2.00 bits per heavy atom. The van der Waals surface area contributed by atoms with Gasteiger partial charge in [0.15, 0.2) is 18.2 Å². The Bertz CT molecular complexity index is 1110. The molecule has 4 aromatic rings. The van der Waals surface area contributed by atoms with E-state index < -0.39 is 18.4 Å². The Morgan fingerprint density at radius 3 is 2.70 bits per heavy atom. The lowest BCUT2D eigenvalue weighted by Gasteiger charge is -2.05. The quantitative estimate of drug-likeness (QED) is 0.400.